The van der Waals surface area contributed by atoms with Gasteiger partial charge in [-0.25, -0.2) is 4.98 Å². The number of hydrogen-bond acceptors (Lipinski definition) is 3. The lowest BCUT2D eigenvalue weighted by molar-refractivity contribution is 0.329. The van der Waals surface area contributed by atoms with Crippen LogP contribution >= 0.6 is 22.9 Å². The van der Waals surface area contributed by atoms with Crippen LogP contribution in [0.4, 0.5) is 5.13 Å². The van der Waals surface area contributed by atoms with Gasteiger partial charge in [0.1, 0.15) is 0 Å². The van der Waals surface area contributed by atoms with Gasteiger partial charge < -0.3 is 4.90 Å². The van der Waals surface area contributed by atoms with Crippen molar-refractivity contribution < 1.29 is 0 Å². The van der Waals surface area contributed by atoms with Gasteiger partial charge in [0.25, 0.3) is 0 Å². The van der Waals surface area contributed by atoms with Crippen molar-refractivity contribution >= 4 is 28.1 Å². The van der Waals surface area contributed by atoms with Crippen molar-refractivity contribution in [1.29, 1.82) is 0 Å². The van der Waals surface area contributed by atoms with E-state index in [2.05, 4.69) is 16.9 Å². The maximum Gasteiger partial charge on any atom is 0.184 e. The molecular formula is C9H13ClN2S. The summed E-state index contributed by atoms with van der Waals surface area (Å²) in [6.07, 6.45) is 4.18. The zero-order valence-corrected chi connectivity index (χ0v) is 9.18. The normalized spacial score (nSPS) is 26.9. The number of aromatic nitrogens is 1. The summed E-state index contributed by atoms with van der Waals surface area (Å²) >= 11 is 7.61. The first-order chi connectivity index (χ1) is 6.25. The largest absolute Gasteiger partial charge is 0.351 e. The minimum Gasteiger partial charge on any atom is -0.351 e. The molecule has 1 aromatic heterocycles. The quantitative estimate of drug-likeness (QED) is 0.723. The van der Waals surface area contributed by atoms with E-state index in [0.29, 0.717) is 5.38 Å². The highest BCUT2D eigenvalue weighted by molar-refractivity contribution is 7.13. The van der Waals surface area contributed by atoms with E-state index in [0.717, 1.165) is 30.4 Å². The Balaban J connectivity index is 1.82. The Morgan fingerprint density at radius 1 is 1.69 bits per heavy atom. The second-order valence-electron chi connectivity index (χ2n) is 3.63. The van der Waals surface area contributed by atoms with Gasteiger partial charge >= 0.3 is 0 Å². The van der Waals surface area contributed by atoms with Crippen LogP contribution in [0.15, 0.2) is 11.6 Å². The fraction of sp³-hybridized carbons (Fsp3) is 0.667. The Bertz CT molecular complexity index is 257. The van der Waals surface area contributed by atoms with E-state index >= 15 is 0 Å². The number of nitrogens with zero attached hydrogens (tertiary/aromatic N) is 2. The van der Waals surface area contributed by atoms with Crippen LogP contribution in [0.2, 0.25) is 0 Å². The molecule has 4 heteroatoms. The van der Waals surface area contributed by atoms with E-state index in [4.69, 9.17) is 11.6 Å². The van der Waals surface area contributed by atoms with Crippen molar-refractivity contribution in [1.82, 2.24) is 4.98 Å². The lowest BCUT2D eigenvalue weighted by atomic mass is 9.84. The second kappa shape index (κ2) is 3.84. The van der Waals surface area contributed by atoms with E-state index in [1.54, 1.807) is 11.3 Å². The Kier molecular flexibility index (Phi) is 2.74. The highest BCUT2D eigenvalue weighted by atomic mass is 35.5. The molecule has 0 radical (unpaired) electrons. The predicted octanol–water partition coefficient (Wildman–Crippen LogP) is 2.60. The molecule has 1 aromatic rings. The molecule has 1 heterocycles. The molecule has 0 aliphatic heterocycles. The van der Waals surface area contributed by atoms with Crippen molar-refractivity contribution in [2.75, 3.05) is 18.5 Å². The third-order valence-corrected chi connectivity index (χ3v) is 3.70. The van der Waals surface area contributed by atoms with Crippen LogP contribution < -0.4 is 4.90 Å². The minimum absolute atomic E-state index is 0.426. The lowest BCUT2D eigenvalue weighted by Crippen LogP contribution is -2.34. The Morgan fingerprint density at radius 2 is 2.46 bits per heavy atom. The molecule has 0 N–H and O–H groups in total. The molecule has 0 spiro atoms. The van der Waals surface area contributed by atoms with Crippen molar-refractivity contribution in [3.05, 3.63) is 11.6 Å². The summed E-state index contributed by atoms with van der Waals surface area (Å²) in [5.74, 6) is 0.774. The summed E-state index contributed by atoms with van der Waals surface area (Å²) in [6, 6.07) is 0. The Labute approximate surface area is 87.5 Å². The topological polar surface area (TPSA) is 16.1 Å². The molecule has 0 amide bonds. The molecule has 1 fully saturated rings. The van der Waals surface area contributed by atoms with Crippen molar-refractivity contribution in [2.45, 2.75) is 18.2 Å². The van der Waals surface area contributed by atoms with Gasteiger partial charge in [-0.1, -0.05) is 0 Å². The third kappa shape index (κ3) is 2.15. The molecule has 0 unspecified atom stereocenters. The van der Waals surface area contributed by atoms with Gasteiger partial charge in [-0.15, -0.1) is 22.9 Å². The summed E-state index contributed by atoms with van der Waals surface area (Å²) < 4.78 is 0. The summed E-state index contributed by atoms with van der Waals surface area (Å²) in [6.45, 7) is 1.09. The minimum atomic E-state index is 0.426. The average Bonchev–Trinajstić information content (AvgIpc) is 2.53. The molecule has 13 heavy (non-hydrogen) atoms. The van der Waals surface area contributed by atoms with E-state index in [1.165, 1.54) is 0 Å². The van der Waals surface area contributed by atoms with Crippen LogP contribution in [0.5, 0.6) is 0 Å². The highest BCUT2D eigenvalue weighted by Gasteiger charge is 2.28. The van der Waals surface area contributed by atoms with Crippen LogP contribution in [0.25, 0.3) is 0 Å². The Hall–Kier alpha value is -0.280. The summed E-state index contributed by atoms with van der Waals surface area (Å²) in [7, 11) is 2.10. The molecule has 2 rings (SSSR count). The van der Waals surface area contributed by atoms with Crippen LogP contribution in [0.1, 0.15) is 12.8 Å². The van der Waals surface area contributed by atoms with Gasteiger partial charge in [0, 0.05) is 30.5 Å². The van der Waals surface area contributed by atoms with Crippen LogP contribution in [0.3, 0.4) is 0 Å². The second-order valence-corrected chi connectivity index (χ2v) is 5.12. The van der Waals surface area contributed by atoms with Gasteiger partial charge in [-0.05, 0) is 18.8 Å². The monoisotopic (exact) mass is 216 g/mol. The van der Waals surface area contributed by atoms with Crippen LogP contribution in [0, 0.1) is 5.92 Å². The van der Waals surface area contributed by atoms with Crippen molar-refractivity contribution in [3.63, 3.8) is 0 Å². The first-order valence-corrected chi connectivity index (χ1v) is 5.82. The maximum absolute atomic E-state index is 5.92. The molecule has 0 atom stereocenters. The maximum atomic E-state index is 5.92. The molecule has 72 valence electrons. The summed E-state index contributed by atoms with van der Waals surface area (Å²) in [4.78, 5) is 6.48. The molecule has 1 aliphatic rings. The number of halogens is 1. The average molecular weight is 217 g/mol. The molecule has 1 saturated carbocycles. The number of rotatable bonds is 3. The Morgan fingerprint density at radius 3 is 3.00 bits per heavy atom. The van der Waals surface area contributed by atoms with E-state index < -0.39 is 0 Å². The predicted molar refractivity (Wildman–Crippen MR) is 57.7 cm³/mol. The van der Waals surface area contributed by atoms with Gasteiger partial charge in [-0.2, -0.15) is 0 Å². The fourth-order valence-corrected chi connectivity index (χ4v) is 2.80. The third-order valence-electron chi connectivity index (χ3n) is 2.46. The number of hydrogen-bond donors (Lipinski definition) is 0. The highest BCUT2D eigenvalue weighted by Crippen LogP contribution is 2.33. The van der Waals surface area contributed by atoms with Gasteiger partial charge in [0.05, 0.1) is 0 Å². The van der Waals surface area contributed by atoms with Crippen molar-refractivity contribution in [3.8, 4) is 0 Å². The molecular weight excluding hydrogens is 204 g/mol. The standard InChI is InChI=1S/C9H13ClN2S/c1-12(9-11-2-3-13-9)6-7-4-8(10)5-7/h2-3,7-8H,4-6H2,1H3. The molecule has 1 aliphatic carbocycles. The number of thiazole rings is 1. The molecule has 0 saturated heterocycles. The number of alkyl halides is 1. The van der Waals surface area contributed by atoms with E-state index in [9.17, 15) is 0 Å². The van der Waals surface area contributed by atoms with Crippen molar-refractivity contribution in [2.24, 2.45) is 5.92 Å². The zero-order chi connectivity index (χ0) is 9.26. The van der Waals surface area contributed by atoms with E-state index in [1.807, 2.05) is 11.6 Å². The lowest BCUT2D eigenvalue weighted by Gasteiger charge is -2.33. The number of anilines is 1. The SMILES string of the molecule is CN(CC1CC(Cl)C1)c1nccs1. The first-order valence-electron chi connectivity index (χ1n) is 4.50. The fourth-order valence-electron chi connectivity index (χ4n) is 1.67. The van der Waals surface area contributed by atoms with Gasteiger partial charge in [0.15, 0.2) is 5.13 Å². The first kappa shape index (κ1) is 9.28. The van der Waals surface area contributed by atoms with Crippen LogP contribution in [-0.4, -0.2) is 24.0 Å². The zero-order valence-electron chi connectivity index (χ0n) is 7.61. The van der Waals surface area contributed by atoms with E-state index in [-0.39, 0.29) is 0 Å². The summed E-state index contributed by atoms with van der Waals surface area (Å²) in [5, 5.41) is 3.55. The molecule has 0 aromatic carbocycles. The van der Waals surface area contributed by atoms with Gasteiger partial charge in [-0.3, -0.25) is 0 Å². The van der Waals surface area contributed by atoms with Crippen LogP contribution in [-0.2, 0) is 0 Å². The summed E-state index contributed by atoms with van der Waals surface area (Å²) in [5.41, 5.74) is 0. The molecule has 0 bridgehead atoms. The molecule has 2 nitrogen and oxygen atoms in total. The smallest absolute Gasteiger partial charge is 0.184 e. The van der Waals surface area contributed by atoms with Gasteiger partial charge in [0.2, 0.25) is 0 Å².